The molecule has 1 atom stereocenters. The first kappa shape index (κ1) is 14.3. The molecule has 1 aliphatic heterocycles. The molecule has 1 amide bonds. The van der Waals surface area contributed by atoms with Crippen LogP contribution in [-0.2, 0) is 9.53 Å². The van der Waals surface area contributed by atoms with Crippen LogP contribution in [-0.4, -0.2) is 46.6 Å². The molecule has 0 unspecified atom stereocenters. The topological polar surface area (TPSA) is 79.7 Å². The van der Waals surface area contributed by atoms with Gasteiger partial charge in [-0.25, -0.2) is 0 Å². The van der Waals surface area contributed by atoms with Crippen molar-refractivity contribution in [3.8, 4) is 5.75 Å². The lowest BCUT2D eigenvalue weighted by molar-refractivity contribution is -0.149. The summed E-state index contributed by atoms with van der Waals surface area (Å²) in [5.74, 6) is -0.963. The maximum absolute atomic E-state index is 12.3. The predicted octanol–water partition coefficient (Wildman–Crippen LogP) is 1.20. The zero-order valence-electron chi connectivity index (χ0n) is 11.4. The molecule has 1 aromatic rings. The van der Waals surface area contributed by atoms with Crippen LogP contribution in [0, 0.1) is 5.92 Å². The lowest BCUT2D eigenvalue weighted by atomic mass is 9.97. The minimum Gasteiger partial charge on any atom is -0.505 e. The Hall–Kier alpha value is -2.11. The minimum absolute atomic E-state index is 0.143. The highest BCUT2D eigenvalue weighted by Gasteiger charge is 2.30. The van der Waals surface area contributed by atoms with Gasteiger partial charge in [0.25, 0.3) is 5.91 Å². The van der Waals surface area contributed by atoms with E-state index in [2.05, 4.69) is 4.98 Å². The van der Waals surface area contributed by atoms with E-state index < -0.39 is 0 Å². The zero-order valence-corrected chi connectivity index (χ0v) is 11.4. The summed E-state index contributed by atoms with van der Waals surface area (Å²) in [5, 5.41) is 9.67. The van der Waals surface area contributed by atoms with Crippen molar-refractivity contribution < 1.29 is 19.4 Å². The normalized spacial score (nSPS) is 18.6. The van der Waals surface area contributed by atoms with Crippen LogP contribution in [0.25, 0.3) is 0 Å². The fraction of sp³-hybridized carbons (Fsp3) is 0.500. The maximum atomic E-state index is 12.3. The van der Waals surface area contributed by atoms with E-state index in [0.29, 0.717) is 19.7 Å². The third-order valence-electron chi connectivity index (χ3n) is 3.36. The maximum Gasteiger partial charge on any atom is 0.310 e. The Balaban J connectivity index is 2.07. The van der Waals surface area contributed by atoms with E-state index in [-0.39, 0.29) is 29.1 Å². The smallest absolute Gasteiger partial charge is 0.310 e. The molecular formula is C14H18N2O4. The van der Waals surface area contributed by atoms with Gasteiger partial charge in [0.05, 0.1) is 24.3 Å². The summed E-state index contributed by atoms with van der Waals surface area (Å²) in [4.78, 5) is 29.4. The Morgan fingerprint density at radius 3 is 3.05 bits per heavy atom. The van der Waals surface area contributed by atoms with Gasteiger partial charge in [0.2, 0.25) is 0 Å². The summed E-state index contributed by atoms with van der Waals surface area (Å²) in [7, 11) is 0. The first-order chi connectivity index (χ1) is 9.63. The lowest BCUT2D eigenvalue weighted by Crippen LogP contribution is -2.42. The molecule has 0 aliphatic carbocycles. The van der Waals surface area contributed by atoms with E-state index in [1.165, 1.54) is 18.5 Å². The van der Waals surface area contributed by atoms with Crippen LogP contribution >= 0.6 is 0 Å². The third-order valence-corrected chi connectivity index (χ3v) is 3.36. The number of pyridine rings is 1. The van der Waals surface area contributed by atoms with Gasteiger partial charge >= 0.3 is 5.97 Å². The molecule has 6 heteroatoms. The third kappa shape index (κ3) is 3.07. The molecule has 2 rings (SSSR count). The van der Waals surface area contributed by atoms with Gasteiger partial charge in [-0.1, -0.05) is 0 Å². The predicted molar refractivity (Wildman–Crippen MR) is 71.2 cm³/mol. The number of likely N-dealkylation sites (tertiary alicyclic amines) is 1. The average molecular weight is 278 g/mol. The minimum atomic E-state index is -0.281. The molecule has 1 N–H and O–H groups in total. The molecule has 0 saturated carbocycles. The van der Waals surface area contributed by atoms with Crippen molar-refractivity contribution in [2.75, 3.05) is 19.7 Å². The van der Waals surface area contributed by atoms with Gasteiger partial charge in [-0.2, -0.15) is 0 Å². The van der Waals surface area contributed by atoms with Crippen LogP contribution in [0.4, 0.5) is 0 Å². The molecule has 6 nitrogen and oxygen atoms in total. The van der Waals surface area contributed by atoms with Crippen LogP contribution < -0.4 is 0 Å². The number of rotatable bonds is 3. The molecule has 0 radical (unpaired) electrons. The Kier molecular flexibility index (Phi) is 4.55. The fourth-order valence-electron chi connectivity index (χ4n) is 2.35. The summed E-state index contributed by atoms with van der Waals surface area (Å²) >= 11 is 0. The Bertz CT molecular complexity index is 504. The van der Waals surface area contributed by atoms with Gasteiger partial charge in [0, 0.05) is 19.3 Å². The number of carbonyl (C=O) groups excluding carboxylic acids is 2. The SMILES string of the molecule is CCOC(=O)[C@H]1CCCN(C(=O)c2ccncc2O)C1. The highest BCUT2D eigenvalue weighted by Crippen LogP contribution is 2.22. The van der Waals surface area contributed by atoms with E-state index in [1.807, 2.05) is 0 Å². The van der Waals surface area contributed by atoms with Crippen molar-refractivity contribution in [2.24, 2.45) is 5.92 Å². The number of nitrogens with zero attached hydrogens (tertiary/aromatic N) is 2. The van der Waals surface area contributed by atoms with E-state index in [0.717, 1.165) is 12.8 Å². The quantitative estimate of drug-likeness (QED) is 0.840. The summed E-state index contributed by atoms with van der Waals surface area (Å²) in [6, 6.07) is 1.48. The summed E-state index contributed by atoms with van der Waals surface area (Å²) in [6.45, 7) is 3.02. The molecule has 0 bridgehead atoms. The van der Waals surface area contributed by atoms with Crippen LogP contribution in [0.2, 0.25) is 0 Å². The average Bonchev–Trinajstić information content (AvgIpc) is 2.47. The highest BCUT2D eigenvalue weighted by molar-refractivity contribution is 5.96. The van der Waals surface area contributed by atoms with E-state index in [9.17, 15) is 14.7 Å². The zero-order chi connectivity index (χ0) is 14.5. The number of aromatic nitrogens is 1. The van der Waals surface area contributed by atoms with Crippen molar-refractivity contribution in [3.63, 3.8) is 0 Å². The Morgan fingerprint density at radius 1 is 1.55 bits per heavy atom. The molecule has 2 heterocycles. The Morgan fingerprint density at radius 2 is 2.35 bits per heavy atom. The molecule has 108 valence electrons. The molecule has 1 saturated heterocycles. The fourth-order valence-corrected chi connectivity index (χ4v) is 2.35. The number of carbonyl (C=O) groups is 2. The number of piperidine rings is 1. The van der Waals surface area contributed by atoms with Gasteiger partial charge in [-0.15, -0.1) is 0 Å². The number of hydrogen-bond acceptors (Lipinski definition) is 5. The summed E-state index contributed by atoms with van der Waals surface area (Å²) < 4.78 is 5.00. The molecule has 1 fully saturated rings. The number of ether oxygens (including phenoxy) is 1. The van der Waals surface area contributed by atoms with Gasteiger partial charge in [0.1, 0.15) is 5.75 Å². The van der Waals surface area contributed by atoms with Crippen LogP contribution in [0.5, 0.6) is 5.75 Å². The summed E-state index contributed by atoms with van der Waals surface area (Å²) in [5.41, 5.74) is 0.213. The standard InChI is InChI=1S/C14H18N2O4/c1-2-20-14(19)10-4-3-7-16(9-10)13(18)11-5-6-15-8-12(11)17/h5-6,8,10,17H,2-4,7,9H2,1H3/t10-/m0/s1. The molecule has 0 spiro atoms. The Labute approximate surface area is 117 Å². The highest BCUT2D eigenvalue weighted by atomic mass is 16.5. The second-order valence-electron chi connectivity index (χ2n) is 4.74. The van der Waals surface area contributed by atoms with Gasteiger partial charge < -0.3 is 14.7 Å². The largest absolute Gasteiger partial charge is 0.505 e. The lowest BCUT2D eigenvalue weighted by Gasteiger charge is -2.31. The van der Waals surface area contributed by atoms with E-state index in [4.69, 9.17) is 4.74 Å². The van der Waals surface area contributed by atoms with Gasteiger partial charge in [-0.3, -0.25) is 14.6 Å². The van der Waals surface area contributed by atoms with Gasteiger partial charge in [-0.05, 0) is 25.8 Å². The van der Waals surface area contributed by atoms with Gasteiger partial charge in [0.15, 0.2) is 0 Å². The number of amides is 1. The molecule has 1 aromatic heterocycles. The molecule has 0 aromatic carbocycles. The van der Waals surface area contributed by atoms with Crippen molar-refractivity contribution in [1.82, 2.24) is 9.88 Å². The summed E-state index contributed by atoms with van der Waals surface area (Å²) in [6.07, 6.45) is 4.17. The van der Waals surface area contributed by atoms with E-state index in [1.54, 1.807) is 11.8 Å². The van der Waals surface area contributed by atoms with Crippen LogP contribution in [0.1, 0.15) is 30.1 Å². The number of aromatic hydroxyl groups is 1. The van der Waals surface area contributed by atoms with Crippen molar-refractivity contribution in [3.05, 3.63) is 24.0 Å². The second-order valence-corrected chi connectivity index (χ2v) is 4.74. The first-order valence-electron chi connectivity index (χ1n) is 6.72. The molecular weight excluding hydrogens is 260 g/mol. The van der Waals surface area contributed by atoms with Crippen molar-refractivity contribution in [2.45, 2.75) is 19.8 Å². The number of hydrogen-bond donors (Lipinski definition) is 1. The monoisotopic (exact) mass is 278 g/mol. The van der Waals surface area contributed by atoms with Crippen molar-refractivity contribution in [1.29, 1.82) is 0 Å². The molecule has 20 heavy (non-hydrogen) atoms. The van der Waals surface area contributed by atoms with Crippen molar-refractivity contribution >= 4 is 11.9 Å². The molecule has 1 aliphatic rings. The van der Waals surface area contributed by atoms with E-state index >= 15 is 0 Å². The van der Waals surface area contributed by atoms with Crippen LogP contribution in [0.3, 0.4) is 0 Å². The second kappa shape index (κ2) is 6.36. The van der Waals surface area contributed by atoms with Crippen LogP contribution in [0.15, 0.2) is 18.5 Å². The number of esters is 1. The first-order valence-corrected chi connectivity index (χ1v) is 6.72.